The minimum Gasteiger partial charge on any atom is -0.479 e. The summed E-state index contributed by atoms with van der Waals surface area (Å²) in [5.74, 6) is -2.94. The van der Waals surface area contributed by atoms with Gasteiger partial charge in [0.25, 0.3) is 0 Å². The molecule has 0 radical (unpaired) electrons. The highest BCUT2D eigenvalue weighted by Crippen LogP contribution is 2.13. The Morgan fingerprint density at radius 1 is 0.889 bits per heavy atom. The second kappa shape index (κ2) is 5.99. The maximum absolute atomic E-state index is 10.3. The average molecular weight is 260 g/mol. The van der Waals surface area contributed by atoms with Crippen molar-refractivity contribution in [1.82, 2.24) is 0 Å². The summed E-state index contributed by atoms with van der Waals surface area (Å²) in [6.45, 7) is 0. The van der Waals surface area contributed by atoms with Crippen molar-refractivity contribution >= 4 is 23.9 Å². The Balaban J connectivity index is 0.000000180. The molecule has 2 atom stereocenters. The molecule has 2 unspecified atom stereocenters. The highest BCUT2D eigenvalue weighted by atomic mass is 16.6. The van der Waals surface area contributed by atoms with Gasteiger partial charge < -0.3 is 19.7 Å². The molecule has 8 nitrogen and oxygen atoms in total. The van der Waals surface area contributed by atoms with Crippen LogP contribution in [-0.4, -0.2) is 46.3 Å². The molecule has 0 aromatic rings. The molecule has 0 saturated carbocycles. The van der Waals surface area contributed by atoms with Gasteiger partial charge in [-0.1, -0.05) is 0 Å². The standard InChI is InChI=1S/2C5H6O4/c2*6-4-2-1-3(9-4)5(7)8/h2*3H,1-2H2,(H,7,8). The molecule has 18 heavy (non-hydrogen) atoms. The van der Waals surface area contributed by atoms with E-state index in [9.17, 15) is 19.2 Å². The molecule has 0 aromatic carbocycles. The molecule has 2 fully saturated rings. The van der Waals surface area contributed by atoms with Crippen molar-refractivity contribution in [2.75, 3.05) is 0 Å². The largest absolute Gasteiger partial charge is 0.479 e. The van der Waals surface area contributed by atoms with E-state index in [1.807, 2.05) is 0 Å². The summed E-state index contributed by atoms with van der Waals surface area (Å²) in [7, 11) is 0. The molecule has 2 rings (SSSR count). The van der Waals surface area contributed by atoms with Crippen LogP contribution in [0.5, 0.6) is 0 Å². The second-order valence-electron chi connectivity index (χ2n) is 3.71. The van der Waals surface area contributed by atoms with Crippen molar-refractivity contribution in [2.24, 2.45) is 0 Å². The van der Waals surface area contributed by atoms with E-state index in [1.165, 1.54) is 0 Å². The van der Waals surface area contributed by atoms with Crippen LogP contribution in [0.3, 0.4) is 0 Å². The van der Waals surface area contributed by atoms with Gasteiger partial charge in [-0.25, -0.2) is 9.59 Å². The fraction of sp³-hybridized carbons (Fsp3) is 0.600. The van der Waals surface area contributed by atoms with Crippen LogP contribution in [-0.2, 0) is 28.7 Å². The Morgan fingerprint density at radius 2 is 1.22 bits per heavy atom. The lowest BCUT2D eigenvalue weighted by Crippen LogP contribution is -2.18. The Labute approximate surface area is 101 Å². The zero-order valence-corrected chi connectivity index (χ0v) is 9.33. The molecule has 2 aliphatic rings. The van der Waals surface area contributed by atoms with Crippen LogP contribution in [0.25, 0.3) is 0 Å². The summed E-state index contributed by atoms with van der Waals surface area (Å²) >= 11 is 0. The van der Waals surface area contributed by atoms with Gasteiger partial charge in [0.15, 0.2) is 12.2 Å². The summed E-state index contributed by atoms with van der Waals surface area (Å²) in [4.78, 5) is 40.7. The van der Waals surface area contributed by atoms with Gasteiger partial charge in [0.2, 0.25) is 0 Å². The van der Waals surface area contributed by atoms with Gasteiger partial charge in [-0.15, -0.1) is 0 Å². The van der Waals surface area contributed by atoms with Crippen LogP contribution in [0.1, 0.15) is 25.7 Å². The molecule has 0 amide bonds. The molecule has 8 heteroatoms. The number of carbonyl (C=O) groups is 4. The number of cyclic esters (lactones) is 2. The smallest absolute Gasteiger partial charge is 0.345 e. The van der Waals surface area contributed by atoms with Crippen molar-refractivity contribution in [3.05, 3.63) is 0 Å². The number of carboxylic acids is 2. The van der Waals surface area contributed by atoms with Gasteiger partial charge in [0.05, 0.1) is 0 Å². The van der Waals surface area contributed by atoms with Crippen molar-refractivity contribution in [2.45, 2.75) is 37.9 Å². The van der Waals surface area contributed by atoms with Crippen molar-refractivity contribution in [3.63, 3.8) is 0 Å². The SMILES string of the molecule is O=C1CCC(C(=O)O)O1.O=C1CCC(C(=O)O)O1. The third-order valence-corrected chi connectivity index (χ3v) is 2.32. The summed E-state index contributed by atoms with van der Waals surface area (Å²) in [6, 6.07) is 0. The normalized spacial score (nSPS) is 25.8. The summed E-state index contributed by atoms with van der Waals surface area (Å²) in [6.07, 6.45) is -0.689. The molecule has 2 N–H and O–H groups in total. The van der Waals surface area contributed by atoms with Gasteiger partial charge in [0, 0.05) is 25.7 Å². The van der Waals surface area contributed by atoms with E-state index in [0.29, 0.717) is 12.8 Å². The van der Waals surface area contributed by atoms with E-state index in [-0.39, 0.29) is 12.8 Å². The quantitative estimate of drug-likeness (QED) is 0.639. The van der Waals surface area contributed by atoms with Crippen LogP contribution >= 0.6 is 0 Å². The molecular weight excluding hydrogens is 248 g/mol. The Morgan fingerprint density at radius 3 is 1.33 bits per heavy atom. The van der Waals surface area contributed by atoms with Gasteiger partial charge in [-0.2, -0.15) is 0 Å². The van der Waals surface area contributed by atoms with Crippen LogP contribution < -0.4 is 0 Å². The topological polar surface area (TPSA) is 127 Å². The molecule has 2 aliphatic heterocycles. The highest BCUT2D eigenvalue weighted by molar-refractivity contribution is 5.82. The molecular formula is C10H12O8. The Kier molecular flexibility index (Phi) is 4.64. The zero-order chi connectivity index (χ0) is 13.7. The number of hydrogen-bond acceptors (Lipinski definition) is 6. The molecule has 0 aromatic heterocycles. The van der Waals surface area contributed by atoms with Gasteiger partial charge in [-0.05, 0) is 0 Å². The van der Waals surface area contributed by atoms with Crippen molar-refractivity contribution in [3.8, 4) is 0 Å². The highest BCUT2D eigenvalue weighted by Gasteiger charge is 2.29. The minimum atomic E-state index is -1.05. The fourth-order valence-corrected chi connectivity index (χ4v) is 1.40. The van der Waals surface area contributed by atoms with Crippen LogP contribution in [0.15, 0.2) is 0 Å². The summed E-state index contributed by atoms with van der Waals surface area (Å²) in [5.41, 5.74) is 0. The lowest BCUT2D eigenvalue weighted by molar-refractivity contribution is -0.156. The van der Waals surface area contributed by atoms with E-state index >= 15 is 0 Å². The van der Waals surface area contributed by atoms with Gasteiger partial charge in [0.1, 0.15) is 0 Å². The number of carbonyl (C=O) groups excluding carboxylic acids is 2. The minimum absolute atomic E-state index is 0.233. The van der Waals surface area contributed by atoms with Crippen molar-refractivity contribution < 1.29 is 38.9 Å². The molecule has 100 valence electrons. The maximum Gasteiger partial charge on any atom is 0.345 e. The predicted molar refractivity (Wildman–Crippen MR) is 53.5 cm³/mol. The first-order valence-electron chi connectivity index (χ1n) is 5.24. The van der Waals surface area contributed by atoms with Gasteiger partial charge in [-0.3, -0.25) is 9.59 Å². The monoisotopic (exact) mass is 260 g/mol. The van der Waals surface area contributed by atoms with E-state index in [2.05, 4.69) is 9.47 Å². The number of aliphatic carboxylic acids is 2. The lowest BCUT2D eigenvalue weighted by atomic mass is 10.2. The van der Waals surface area contributed by atoms with Crippen LogP contribution in [0.2, 0.25) is 0 Å². The molecule has 2 heterocycles. The van der Waals surface area contributed by atoms with E-state index in [4.69, 9.17) is 10.2 Å². The number of esters is 2. The average Bonchev–Trinajstić information content (AvgIpc) is 2.88. The van der Waals surface area contributed by atoms with Crippen molar-refractivity contribution in [1.29, 1.82) is 0 Å². The number of hydrogen-bond donors (Lipinski definition) is 2. The summed E-state index contributed by atoms with van der Waals surface area (Å²) < 4.78 is 8.77. The number of ether oxygens (including phenoxy) is 2. The van der Waals surface area contributed by atoms with Crippen LogP contribution in [0, 0.1) is 0 Å². The first-order chi connectivity index (χ1) is 8.40. The predicted octanol–water partition coefficient (Wildman–Crippen LogP) is -0.447. The first-order valence-corrected chi connectivity index (χ1v) is 5.24. The first kappa shape index (κ1) is 13.9. The molecule has 0 bridgehead atoms. The Bertz CT molecular complexity index is 338. The third kappa shape index (κ3) is 4.04. The van der Waals surface area contributed by atoms with E-state index in [0.717, 1.165) is 0 Å². The molecule has 2 saturated heterocycles. The zero-order valence-electron chi connectivity index (χ0n) is 9.33. The van der Waals surface area contributed by atoms with Gasteiger partial charge >= 0.3 is 23.9 Å². The van der Waals surface area contributed by atoms with E-state index < -0.39 is 36.1 Å². The Hall–Kier alpha value is -2.12. The number of carboxylic acid groups (broad SMARTS) is 2. The number of rotatable bonds is 2. The fourth-order valence-electron chi connectivity index (χ4n) is 1.40. The second-order valence-corrected chi connectivity index (χ2v) is 3.71. The lowest BCUT2D eigenvalue weighted by Gasteiger charge is -1.99. The molecule has 0 aliphatic carbocycles. The maximum atomic E-state index is 10.3. The van der Waals surface area contributed by atoms with E-state index in [1.54, 1.807) is 0 Å². The summed E-state index contributed by atoms with van der Waals surface area (Å²) in [5, 5.41) is 16.5. The van der Waals surface area contributed by atoms with Crippen LogP contribution in [0.4, 0.5) is 0 Å². The third-order valence-electron chi connectivity index (χ3n) is 2.32. The molecule has 0 spiro atoms.